The molecule has 0 amide bonds. The van der Waals surface area contributed by atoms with Gasteiger partial charge < -0.3 is 10.1 Å². The molecule has 1 fully saturated rings. The van der Waals surface area contributed by atoms with Gasteiger partial charge in [0.05, 0.1) is 6.61 Å². The van der Waals surface area contributed by atoms with E-state index in [-0.39, 0.29) is 12.0 Å². The van der Waals surface area contributed by atoms with Crippen LogP contribution in [0.1, 0.15) is 52.9 Å². The predicted octanol–water partition coefficient (Wildman–Crippen LogP) is 2.74. The number of hydrogen-bond donors (Lipinski definition) is 1. The van der Waals surface area contributed by atoms with Gasteiger partial charge in [0.1, 0.15) is 6.04 Å². The SMILES string of the molecule is CCCC(NCC1CCCC1C)C(=O)OCC. The van der Waals surface area contributed by atoms with Gasteiger partial charge in [0.15, 0.2) is 0 Å². The number of carbonyl (C=O) groups is 1. The van der Waals surface area contributed by atoms with Gasteiger partial charge in [-0.15, -0.1) is 0 Å². The largest absolute Gasteiger partial charge is 0.465 e. The Kier molecular flexibility index (Phi) is 6.56. The van der Waals surface area contributed by atoms with Crippen LogP contribution in [0.3, 0.4) is 0 Å². The van der Waals surface area contributed by atoms with E-state index in [4.69, 9.17) is 4.74 Å². The number of esters is 1. The van der Waals surface area contributed by atoms with Crippen LogP contribution in [0.5, 0.6) is 0 Å². The van der Waals surface area contributed by atoms with Gasteiger partial charge in [-0.1, -0.05) is 33.1 Å². The van der Waals surface area contributed by atoms with Crippen molar-refractivity contribution >= 4 is 5.97 Å². The van der Waals surface area contributed by atoms with E-state index >= 15 is 0 Å². The third kappa shape index (κ3) is 4.66. The summed E-state index contributed by atoms with van der Waals surface area (Å²) in [5.41, 5.74) is 0. The second kappa shape index (κ2) is 7.70. The number of rotatable bonds is 7. The molecule has 0 bridgehead atoms. The summed E-state index contributed by atoms with van der Waals surface area (Å²) in [6, 6.07) is -0.104. The first-order valence-electron chi connectivity index (χ1n) is 7.09. The smallest absolute Gasteiger partial charge is 0.323 e. The summed E-state index contributed by atoms with van der Waals surface area (Å²) >= 11 is 0. The molecule has 3 unspecified atom stereocenters. The van der Waals surface area contributed by atoms with Crippen molar-refractivity contribution in [3.63, 3.8) is 0 Å². The first kappa shape index (κ1) is 14.5. The molecule has 0 radical (unpaired) electrons. The fourth-order valence-electron chi connectivity index (χ4n) is 2.65. The Bertz CT molecular complexity index is 230. The van der Waals surface area contributed by atoms with Crippen LogP contribution in [-0.2, 0) is 9.53 Å². The zero-order valence-electron chi connectivity index (χ0n) is 11.5. The lowest BCUT2D eigenvalue weighted by Crippen LogP contribution is -2.41. The molecule has 100 valence electrons. The standard InChI is InChI=1S/C14H27NO2/c1-4-7-13(14(16)17-5-2)15-10-12-9-6-8-11(12)3/h11-13,15H,4-10H2,1-3H3. The van der Waals surface area contributed by atoms with E-state index in [1.165, 1.54) is 19.3 Å². The second-order valence-electron chi connectivity index (χ2n) is 5.17. The van der Waals surface area contributed by atoms with E-state index in [0.29, 0.717) is 6.61 Å². The second-order valence-corrected chi connectivity index (χ2v) is 5.17. The van der Waals surface area contributed by atoms with E-state index in [0.717, 1.165) is 31.2 Å². The van der Waals surface area contributed by atoms with Crippen LogP contribution < -0.4 is 5.32 Å². The highest BCUT2D eigenvalue weighted by Crippen LogP contribution is 2.30. The Morgan fingerprint density at radius 1 is 1.41 bits per heavy atom. The minimum Gasteiger partial charge on any atom is -0.465 e. The summed E-state index contributed by atoms with van der Waals surface area (Å²) in [6.45, 7) is 7.72. The average Bonchev–Trinajstić information content (AvgIpc) is 2.70. The number of ether oxygens (including phenoxy) is 1. The molecule has 1 aliphatic carbocycles. The summed E-state index contributed by atoms with van der Waals surface area (Å²) in [5.74, 6) is 1.45. The lowest BCUT2D eigenvalue weighted by Gasteiger charge is -2.21. The van der Waals surface area contributed by atoms with Gasteiger partial charge in [-0.25, -0.2) is 0 Å². The van der Waals surface area contributed by atoms with Crippen LogP contribution in [0.2, 0.25) is 0 Å². The van der Waals surface area contributed by atoms with Crippen molar-refractivity contribution < 1.29 is 9.53 Å². The van der Waals surface area contributed by atoms with E-state index in [9.17, 15) is 4.79 Å². The Balaban J connectivity index is 2.35. The van der Waals surface area contributed by atoms with Crippen LogP contribution >= 0.6 is 0 Å². The molecule has 3 atom stereocenters. The zero-order chi connectivity index (χ0) is 12.7. The van der Waals surface area contributed by atoms with Crippen LogP contribution in [-0.4, -0.2) is 25.2 Å². The van der Waals surface area contributed by atoms with Crippen molar-refractivity contribution in [3.05, 3.63) is 0 Å². The van der Waals surface area contributed by atoms with Gasteiger partial charge in [0, 0.05) is 0 Å². The Hall–Kier alpha value is -0.570. The van der Waals surface area contributed by atoms with Gasteiger partial charge in [0.25, 0.3) is 0 Å². The Morgan fingerprint density at radius 3 is 2.71 bits per heavy atom. The molecule has 1 N–H and O–H groups in total. The van der Waals surface area contributed by atoms with Gasteiger partial charge >= 0.3 is 5.97 Å². The Labute approximate surface area is 105 Å². The lowest BCUT2D eigenvalue weighted by atomic mass is 9.97. The average molecular weight is 241 g/mol. The van der Waals surface area contributed by atoms with Crippen molar-refractivity contribution in [1.82, 2.24) is 5.32 Å². The monoisotopic (exact) mass is 241 g/mol. The third-order valence-corrected chi connectivity index (χ3v) is 3.81. The molecule has 17 heavy (non-hydrogen) atoms. The summed E-state index contributed by atoms with van der Waals surface area (Å²) in [4.78, 5) is 11.7. The van der Waals surface area contributed by atoms with Crippen molar-refractivity contribution in [2.45, 2.75) is 58.9 Å². The highest BCUT2D eigenvalue weighted by Gasteiger charge is 2.25. The van der Waals surface area contributed by atoms with Crippen molar-refractivity contribution in [2.75, 3.05) is 13.2 Å². The van der Waals surface area contributed by atoms with Crippen molar-refractivity contribution in [2.24, 2.45) is 11.8 Å². The molecule has 1 rings (SSSR count). The molecule has 0 aromatic heterocycles. The summed E-state index contributed by atoms with van der Waals surface area (Å²) in [6.07, 6.45) is 5.86. The molecular formula is C14H27NO2. The fourth-order valence-corrected chi connectivity index (χ4v) is 2.65. The van der Waals surface area contributed by atoms with E-state index < -0.39 is 0 Å². The summed E-state index contributed by atoms with van der Waals surface area (Å²) < 4.78 is 5.10. The highest BCUT2D eigenvalue weighted by molar-refractivity contribution is 5.75. The van der Waals surface area contributed by atoms with Gasteiger partial charge in [-0.05, 0) is 38.1 Å². The van der Waals surface area contributed by atoms with Gasteiger partial charge in [-0.3, -0.25) is 4.79 Å². The van der Waals surface area contributed by atoms with E-state index in [1.807, 2.05) is 6.92 Å². The van der Waals surface area contributed by atoms with E-state index in [2.05, 4.69) is 19.2 Å². The quantitative estimate of drug-likeness (QED) is 0.697. The molecule has 1 saturated carbocycles. The number of nitrogens with one attached hydrogen (secondary N) is 1. The molecule has 1 aliphatic rings. The molecule has 0 heterocycles. The van der Waals surface area contributed by atoms with Crippen LogP contribution in [0, 0.1) is 11.8 Å². The highest BCUT2D eigenvalue weighted by atomic mass is 16.5. The minimum atomic E-state index is -0.104. The molecule has 0 saturated heterocycles. The molecule has 0 aliphatic heterocycles. The number of carbonyl (C=O) groups excluding carboxylic acids is 1. The Morgan fingerprint density at radius 2 is 2.18 bits per heavy atom. The molecule has 0 aromatic rings. The summed E-state index contributed by atoms with van der Waals surface area (Å²) in [5, 5.41) is 3.40. The van der Waals surface area contributed by atoms with Crippen LogP contribution in [0.25, 0.3) is 0 Å². The van der Waals surface area contributed by atoms with Crippen LogP contribution in [0.4, 0.5) is 0 Å². The molecule has 0 aromatic carbocycles. The van der Waals surface area contributed by atoms with Gasteiger partial charge in [0.2, 0.25) is 0 Å². The van der Waals surface area contributed by atoms with Crippen molar-refractivity contribution in [1.29, 1.82) is 0 Å². The topological polar surface area (TPSA) is 38.3 Å². The first-order chi connectivity index (χ1) is 8.19. The van der Waals surface area contributed by atoms with Crippen LogP contribution in [0.15, 0.2) is 0 Å². The van der Waals surface area contributed by atoms with Gasteiger partial charge in [-0.2, -0.15) is 0 Å². The maximum Gasteiger partial charge on any atom is 0.323 e. The normalized spacial score (nSPS) is 25.8. The molecule has 3 nitrogen and oxygen atoms in total. The summed E-state index contributed by atoms with van der Waals surface area (Å²) in [7, 11) is 0. The number of hydrogen-bond acceptors (Lipinski definition) is 3. The molecule has 0 spiro atoms. The lowest BCUT2D eigenvalue weighted by molar-refractivity contribution is -0.145. The van der Waals surface area contributed by atoms with Crippen molar-refractivity contribution in [3.8, 4) is 0 Å². The first-order valence-corrected chi connectivity index (χ1v) is 7.09. The molecule has 3 heteroatoms. The molecular weight excluding hydrogens is 214 g/mol. The zero-order valence-corrected chi connectivity index (χ0v) is 11.5. The maximum absolute atomic E-state index is 11.7. The van der Waals surface area contributed by atoms with E-state index in [1.54, 1.807) is 0 Å². The minimum absolute atomic E-state index is 0.0833. The maximum atomic E-state index is 11.7. The fraction of sp³-hybridized carbons (Fsp3) is 0.929. The third-order valence-electron chi connectivity index (χ3n) is 3.81. The predicted molar refractivity (Wildman–Crippen MR) is 69.8 cm³/mol.